The Morgan fingerprint density at radius 3 is 2.29 bits per heavy atom. The molecule has 4 heteroatoms. The maximum absolute atomic E-state index is 13.2. The summed E-state index contributed by atoms with van der Waals surface area (Å²) in [7, 11) is 0. The smallest absolute Gasteiger partial charge is 0.129 e. The van der Waals surface area contributed by atoms with Crippen LogP contribution in [0, 0.1) is 5.82 Å². The molecule has 0 fully saturated rings. The van der Waals surface area contributed by atoms with Gasteiger partial charge in [-0.3, -0.25) is 0 Å². The van der Waals surface area contributed by atoms with Gasteiger partial charge in [-0.15, -0.1) is 0 Å². The Morgan fingerprint density at radius 2 is 2.00 bits per heavy atom. The van der Waals surface area contributed by atoms with Crippen LogP contribution in [0.1, 0.15) is 38.0 Å². The second kappa shape index (κ2) is 6.81. The highest BCUT2D eigenvalue weighted by Crippen LogP contribution is 2.26. The molecule has 0 radical (unpaired) electrons. The lowest BCUT2D eigenvalue weighted by Crippen LogP contribution is -2.02. The van der Waals surface area contributed by atoms with Crippen LogP contribution in [0.2, 0.25) is 0 Å². The van der Waals surface area contributed by atoms with E-state index < -0.39 is 11.9 Å². The fourth-order valence-electron chi connectivity index (χ4n) is 1.28. The average Bonchev–Trinajstić information content (AvgIpc) is 2.19. The van der Waals surface area contributed by atoms with Crippen LogP contribution in [-0.4, -0.2) is 10.9 Å². The van der Waals surface area contributed by atoms with Crippen molar-refractivity contribution in [1.29, 1.82) is 0 Å². The molecule has 0 amide bonds. The van der Waals surface area contributed by atoms with E-state index in [2.05, 4.69) is 6.58 Å². The summed E-state index contributed by atoms with van der Waals surface area (Å²) in [4.78, 5) is 9.44. The summed E-state index contributed by atoms with van der Waals surface area (Å²) in [6.45, 7) is 8.06. The lowest BCUT2D eigenvalue weighted by molar-refractivity contribution is -0.114. The molecule has 0 saturated carbocycles. The summed E-state index contributed by atoms with van der Waals surface area (Å²) in [6.07, 6.45) is 0.567. The van der Waals surface area contributed by atoms with Crippen LogP contribution in [-0.2, 0) is 4.79 Å². The van der Waals surface area contributed by atoms with Crippen molar-refractivity contribution < 1.29 is 14.3 Å². The monoisotopic (exact) mass is 239 g/mol. The first-order valence-electron chi connectivity index (χ1n) is 5.16. The van der Waals surface area contributed by atoms with Gasteiger partial charge in [-0.2, -0.15) is 0 Å². The van der Waals surface area contributed by atoms with E-state index in [4.69, 9.17) is 5.73 Å². The van der Waals surface area contributed by atoms with Crippen LogP contribution in [0.4, 0.5) is 10.1 Å². The molecule has 0 spiro atoms. The molecule has 1 aromatic carbocycles. The van der Waals surface area contributed by atoms with E-state index in [1.807, 2.05) is 0 Å². The molecule has 3 nitrogen and oxygen atoms in total. The molecule has 1 atom stereocenters. The van der Waals surface area contributed by atoms with E-state index in [0.717, 1.165) is 0 Å². The molecule has 0 aliphatic carbocycles. The number of Topliss-reactive ketones (excluding diaryl/α,β-unsaturated/α-hetero) is 1. The largest absolute Gasteiger partial charge is 0.398 e. The number of hydrogen-bond acceptors (Lipinski definition) is 3. The highest BCUT2D eigenvalue weighted by atomic mass is 19.1. The summed E-state index contributed by atoms with van der Waals surface area (Å²) in [5.74, 6) is -0.292. The number of aliphatic hydroxyl groups excluding tert-OH is 1. The molecule has 0 bridgehead atoms. The maximum atomic E-state index is 13.2. The van der Waals surface area contributed by atoms with Gasteiger partial charge in [0, 0.05) is 16.8 Å². The summed E-state index contributed by atoms with van der Waals surface area (Å²) in [5.41, 5.74) is 6.68. The molecule has 0 saturated heterocycles. The number of halogens is 1. The fraction of sp³-hybridized carbons (Fsp3) is 0.308. The molecule has 1 rings (SSSR count). The van der Waals surface area contributed by atoms with Gasteiger partial charge in [0.2, 0.25) is 0 Å². The highest BCUT2D eigenvalue weighted by molar-refractivity contribution is 5.72. The topological polar surface area (TPSA) is 63.3 Å². The Kier molecular flexibility index (Phi) is 6.13. The Bertz CT molecular complexity index is 410. The molecule has 0 aliphatic heterocycles. The minimum atomic E-state index is -0.878. The zero-order valence-electron chi connectivity index (χ0n) is 10.3. The van der Waals surface area contributed by atoms with E-state index in [1.54, 1.807) is 0 Å². The molecule has 0 heterocycles. The van der Waals surface area contributed by atoms with Gasteiger partial charge in [-0.1, -0.05) is 12.7 Å². The van der Waals surface area contributed by atoms with Crippen LogP contribution in [0.25, 0.3) is 6.08 Å². The van der Waals surface area contributed by atoms with Gasteiger partial charge in [-0.25, -0.2) is 4.39 Å². The molecular weight excluding hydrogens is 221 g/mol. The quantitative estimate of drug-likeness (QED) is 0.780. The summed E-state index contributed by atoms with van der Waals surface area (Å²) in [5, 5.41) is 9.30. The first-order valence-corrected chi connectivity index (χ1v) is 5.16. The number of carbonyl (C=O) groups is 1. The van der Waals surface area contributed by atoms with Gasteiger partial charge in [0.25, 0.3) is 0 Å². The minimum absolute atomic E-state index is 0.167. The first kappa shape index (κ1) is 15.3. The van der Waals surface area contributed by atoms with Crippen LogP contribution >= 0.6 is 0 Å². The van der Waals surface area contributed by atoms with Gasteiger partial charge in [0.15, 0.2) is 0 Å². The van der Waals surface area contributed by atoms with E-state index in [0.29, 0.717) is 11.3 Å². The Labute approximate surface area is 101 Å². The summed E-state index contributed by atoms with van der Waals surface area (Å²) < 4.78 is 13.2. The zero-order valence-corrected chi connectivity index (χ0v) is 10.3. The number of carbonyl (C=O) groups excluding carboxylic acids is 1. The number of anilines is 1. The molecule has 0 aliphatic rings. The van der Waals surface area contributed by atoms with Gasteiger partial charge >= 0.3 is 0 Å². The van der Waals surface area contributed by atoms with Crippen molar-refractivity contribution in [3.8, 4) is 0 Å². The van der Waals surface area contributed by atoms with Crippen molar-refractivity contribution in [2.75, 3.05) is 5.73 Å². The van der Waals surface area contributed by atoms with E-state index in [9.17, 15) is 14.3 Å². The lowest BCUT2D eigenvalue weighted by atomic mass is 10.0. The normalized spacial score (nSPS) is 11.1. The maximum Gasteiger partial charge on any atom is 0.129 e. The number of hydrogen-bond donors (Lipinski definition) is 2. The third-order valence-electron chi connectivity index (χ3n) is 1.89. The molecule has 17 heavy (non-hydrogen) atoms. The second-order valence-corrected chi connectivity index (χ2v) is 3.75. The molecule has 1 aromatic rings. The Hall–Kier alpha value is -1.68. The van der Waals surface area contributed by atoms with Crippen LogP contribution in [0.5, 0.6) is 0 Å². The fourth-order valence-corrected chi connectivity index (χ4v) is 1.28. The first-order chi connectivity index (χ1) is 7.81. The van der Waals surface area contributed by atoms with Gasteiger partial charge < -0.3 is 15.6 Å². The predicted molar refractivity (Wildman–Crippen MR) is 67.9 cm³/mol. The number of benzene rings is 1. The summed E-state index contributed by atoms with van der Waals surface area (Å²) >= 11 is 0. The van der Waals surface area contributed by atoms with Crippen LogP contribution in [0.15, 0.2) is 18.7 Å². The predicted octanol–water partition coefficient (Wildman–Crippen LogP) is 2.70. The molecule has 1 unspecified atom stereocenters. The molecule has 0 aromatic heterocycles. The lowest BCUT2D eigenvalue weighted by Gasteiger charge is -2.12. The van der Waals surface area contributed by atoms with E-state index >= 15 is 0 Å². The van der Waals surface area contributed by atoms with Crippen molar-refractivity contribution >= 4 is 17.5 Å². The molecule has 94 valence electrons. The number of ketones is 1. The standard InChI is InChI=1S/C10H12FNO.C3H6O/c1-3-7-9(12)5-4-8(11)10(7)6(2)13;1-3(2)4/h3-6,13H,1,12H2,2H3;1-2H3. The minimum Gasteiger partial charge on any atom is -0.398 e. The van der Waals surface area contributed by atoms with E-state index in [1.165, 1.54) is 39.0 Å². The van der Waals surface area contributed by atoms with E-state index in [-0.39, 0.29) is 11.3 Å². The van der Waals surface area contributed by atoms with Gasteiger partial charge in [0.05, 0.1) is 6.10 Å². The number of nitrogens with two attached hydrogens (primary N) is 1. The Morgan fingerprint density at radius 1 is 1.53 bits per heavy atom. The van der Waals surface area contributed by atoms with Crippen molar-refractivity contribution in [2.24, 2.45) is 0 Å². The number of nitrogen functional groups attached to an aromatic ring is 1. The summed E-state index contributed by atoms with van der Waals surface area (Å²) in [6, 6.07) is 2.70. The van der Waals surface area contributed by atoms with Crippen molar-refractivity contribution in [3.05, 3.63) is 35.7 Å². The molecular formula is C13H18FNO2. The second-order valence-electron chi connectivity index (χ2n) is 3.75. The Balaban J connectivity index is 0.000000557. The van der Waals surface area contributed by atoms with Crippen molar-refractivity contribution in [1.82, 2.24) is 0 Å². The average molecular weight is 239 g/mol. The molecule has 3 N–H and O–H groups in total. The van der Waals surface area contributed by atoms with Gasteiger partial charge in [-0.05, 0) is 32.9 Å². The number of rotatable bonds is 2. The number of aliphatic hydroxyl groups is 1. The van der Waals surface area contributed by atoms with Crippen LogP contribution < -0.4 is 5.73 Å². The van der Waals surface area contributed by atoms with Crippen LogP contribution in [0.3, 0.4) is 0 Å². The van der Waals surface area contributed by atoms with Crippen molar-refractivity contribution in [3.63, 3.8) is 0 Å². The third kappa shape index (κ3) is 4.78. The van der Waals surface area contributed by atoms with Crippen molar-refractivity contribution in [2.45, 2.75) is 26.9 Å². The highest BCUT2D eigenvalue weighted by Gasteiger charge is 2.13. The zero-order chi connectivity index (χ0) is 13.6. The third-order valence-corrected chi connectivity index (χ3v) is 1.89. The van der Waals surface area contributed by atoms with Gasteiger partial charge in [0.1, 0.15) is 11.6 Å². The SMILES string of the molecule is C=Cc1c(N)ccc(F)c1C(C)O.CC(C)=O.